The molecule has 2 N–H and O–H groups in total. The molecule has 1 atom stereocenters. The number of ether oxygens (including phenoxy) is 1. The summed E-state index contributed by atoms with van der Waals surface area (Å²) in [6.45, 7) is 0.833. The van der Waals surface area contributed by atoms with Crippen molar-refractivity contribution >= 4 is 21.7 Å². The summed E-state index contributed by atoms with van der Waals surface area (Å²) in [7, 11) is -2.26. The summed E-state index contributed by atoms with van der Waals surface area (Å²) in [4.78, 5) is 26.3. The third kappa shape index (κ3) is 4.88. The predicted octanol–water partition coefficient (Wildman–Crippen LogP) is 0.0278. The summed E-state index contributed by atoms with van der Waals surface area (Å²) in [5, 5.41) is 0. The molecule has 0 aliphatic carbocycles. The number of nitrogens with zero attached hydrogens (tertiary/aromatic N) is 2. The van der Waals surface area contributed by atoms with Crippen molar-refractivity contribution in [1.29, 1.82) is 0 Å². The molecule has 9 heteroatoms. The van der Waals surface area contributed by atoms with Crippen molar-refractivity contribution in [3.63, 3.8) is 0 Å². The van der Waals surface area contributed by atoms with E-state index in [1.165, 1.54) is 0 Å². The van der Waals surface area contributed by atoms with Gasteiger partial charge < -0.3 is 4.74 Å². The third-order valence-corrected chi connectivity index (χ3v) is 4.75. The minimum atomic E-state index is -3.81. The second-order valence-electron chi connectivity index (χ2n) is 5.78. The van der Waals surface area contributed by atoms with Gasteiger partial charge in [0.25, 0.3) is 5.91 Å². The molecule has 1 amide bonds. The highest BCUT2D eigenvalue weighted by Gasteiger charge is 2.30. The summed E-state index contributed by atoms with van der Waals surface area (Å²) >= 11 is 0. The number of carbonyl (C=O) groups is 2. The van der Waals surface area contributed by atoms with Crippen molar-refractivity contribution in [3.8, 4) is 5.75 Å². The van der Waals surface area contributed by atoms with E-state index >= 15 is 0 Å². The highest BCUT2D eigenvalue weighted by molar-refractivity contribution is 7.88. The van der Waals surface area contributed by atoms with Crippen molar-refractivity contribution in [2.24, 2.45) is 11.8 Å². The molecule has 0 bridgehead atoms. The Hall–Kier alpha value is -2.23. The SMILES string of the molecule is COc1ccc(C(=O)CN2CC=CC(C(=O)N(N)S(C)(=O)=O)C2)cc1. The minimum absolute atomic E-state index is 0.100. The molecule has 0 aromatic heterocycles. The van der Waals surface area contributed by atoms with E-state index in [1.54, 1.807) is 48.4 Å². The number of carbonyl (C=O) groups excluding carboxylic acids is 2. The van der Waals surface area contributed by atoms with Crippen LogP contribution in [0.15, 0.2) is 36.4 Å². The maximum absolute atomic E-state index is 12.4. The van der Waals surface area contributed by atoms with Crippen molar-refractivity contribution in [1.82, 2.24) is 9.31 Å². The van der Waals surface area contributed by atoms with Crippen LogP contribution < -0.4 is 10.6 Å². The number of rotatable bonds is 6. The lowest BCUT2D eigenvalue weighted by Crippen LogP contribution is -2.49. The predicted molar refractivity (Wildman–Crippen MR) is 92.3 cm³/mol. The number of nitrogens with two attached hydrogens (primary N) is 1. The smallest absolute Gasteiger partial charge is 0.258 e. The molecule has 0 fully saturated rings. The fraction of sp³-hybridized carbons (Fsp3) is 0.375. The summed E-state index contributed by atoms with van der Waals surface area (Å²) in [5.41, 5.74) is 0.537. The third-order valence-electron chi connectivity index (χ3n) is 3.86. The number of hydrazine groups is 1. The van der Waals surface area contributed by atoms with Gasteiger partial charge in [-0.25, -0.2) is 14.3 Å². The molecule has 1 aliphatic heterocycles. The van der Waals surface area contributed by atoms with E-state index in [0.29, 0.717) is 17.9 Å². The number of benzene rings is 1. The quantitative estimate of drug-likeness (QED) is 0.248. The Morgan fingerprint density at radius 1 is 1.32 bits per heavy atom. The number of methoxy groups -OCH3 is 1. The zero-order chi connectivity index (χ0) is 18.6. The molecule has 0 spiro atoms. The summed E-state index contributed by atoms with van der Waals surface area (Å²) in [6, 6.07) is 6.76. The zero-order valence-electron chi connectivity index (χ0n) is 14.1. The van der Waals surface area contributed by atoms with Crippen LogP contribution in [-0.4, -0.2) is 62.4 Å². The molecule has 25 heavy (non-hydrogen) atoms. The van der Waals surface area contributed by atoms with Gasteiger partial charge in [-0.3, -0.25) is 14.5 Å². The standard InChI is InChI=1S/C16H21N3O5S/c1-24-14-7-5-12(6-8-14)15(20)11-18-9-3-4-13(10-18)16(21)19(17)25(2,22)23/h3-8,13H,9-11,17H2,1-2H3. The van der Waals surface area contributed by atoms with E-state index < -0.39 is 21.8 Å². The normalized spacial score (nSPS) is 18.0. The molecule has 0 saturated heterocycles. The van der Waals surface area contributed by atoms with Crippen LogP contribution >= 0.6 is 0 Å². The van der Waals surface area contributed by atoms with Crippen molar-refractivity contribution in [2.75, 3.05) is 33.0 Å². The largest absolute Gasteiger partial charge is 0.497 e. The lowest BCUT2D eigenvalue weighted by Gasteiger charge is -2.29. The first kappa shape index (κ1) is 19.1. The van der Waals surface area contributed by atoms with Gasteiger partial charge in [-0.1, -0.05) is 12.2 Å². The lowest BCUT2D eigenvalue weighted by atomic mass is 10.0. The van der Waals surface area contributed by atoms with Gasteiger partial charge in [0.1, 0.15) is 5.75 Å². The van der Waals surface area contributed by atoms with Crippen LogP contribution in [0.1, 0.15) is 10.4 Å². The Balaban J connectivity index is 2.01. The molecule has 1 aromatic carbocycles. The number of ketones is 1. The van der Waals surface area contributed by atoms with Gasteiger partial charge in [0.15, 0.2) is 5.78 Å². The van der Waals surface area contributed by atoms with Crippen LogP contribution in [-0.2, 0) is 14.8 Å². The molecular formula is C16H21N3O5S. The number of hydrogen-bond acceptors (Lipinski definition) is 7. The van der Waals surface area contributed by atoms with E-state index in [4.69, 9.17) is 10.6 Å². The van der Waals surface area contributed by atoms with Crippen molar-refractivity contribution < 1.29 is 22.7 Å². The molecule has 1 unspecified atom stereocenters. The van der Waals surface area contributed by atoms with Gasteiger partial charge in [0, 0.05) is 18.7 Å². The first-order valence-corrected chi connectivity index (χ1v) is 9.42. The second kappa shape index (κ2) is 7.77. The zero-order valence-corrected chi connectivity index (χ0v) is 14.9. The van der Waals surface area contributed by atoms with Gasteiger partial charge in [0.05, 0.1) is 25.8 Å². The average molecular weight is 367 g/mol. The Labute approximate surface area is 146 Å². The lowest BCUT2D eigenvalue weighted by molar-refractivity contribution is -0.130. The van der Waals surface area contributed by atoms with Crippen LogP contribution in [0.4, 0.5) is 0 Å². The van der Waals surface area contributed by atoms with Gasteiger partial charge in [0.2, 0.25) is 10.0 Å². The molecule has 8 nitrogen and oxygen atoms in total. The number of amides is 1. The number of hydrogen-bond donors (Lipinski definition) is 1. The van der Waals surface area contributed by atoms with Crippen molar-refractivity contribution in [2.45, 2.75) is 0 Å². The first-order chi connectivity index (χ1) is 11.7. The highest BCUT2D eigenvalue weighted by atomic mass is 32.2. The van der Waals surface area contributed by atoms with Crippen LogP contribution in [0, 0.1) is 5.92 Å². The monoisotopic (exact) mass is 367 g/mol. The van der Waals surface area contributed by atoms with E-state index in [1.807, 2.05) is 0 Å². The van der Waals surface area contributed by atoms with Crippen LogP contribution in [0.2, 0.25) is 0 Å². The van der Waals surface area contributed by atoms with E-state index in [0.717, 1.165) is 6.26 Å². The second-order valence-corrected chi connectivity index (χ2v) is 7.64. The van der Waals surface area contributed by atoms with Gasteiger partial charge >= 0.3 is 0 Å². The topological polar surface area (TPSA) is 110 Å². The molecule has 2 rings (SSSR count). The minimum Gasteiger partial charge on any atom is -0.497 e. The Morgan fingerprint density at radius 2 is 1.96 bits per heavy atom. The highest BCUT2D eigenvalue weighted by Crippen LogP contribution is 2.15. The molecule has 0 saturated carbocycles. The van der Waals surface area contributed by atoms with E-state index in [2.05, 4.69) is 0 Å². The maximum atomic E-state index is 12.4. The summed E-state index contributed by atoms with van der Waals surface area (Å²) < 4.78 is 28.1. The van der Waals surface area contributed by atoms with E-state index in [9.17, 15) is 18.0 Å². The van der Waals surface area contributed by atoms with Crippen LogP contribution in [0.25, 0.3) is 0 Å². The van der Waals surface area contributed by atoms with Gasteiger partial charge in [-0.2, -0.15) is 4.41 Å². The Bertz CT molecular complexity index is 773. The molecule has 1 aliphatic rings. The van der Waals surface area contributed by atoms with Gasteiger partial charge in [-0.05, 0) is 24.3 Å². The van der Waals surface area contributed by atoms with Crippen LogP contribution in [0.3, 0.4) is 0 Å². The number of sulfonamides is 1. The van der Waals surface area contributed by atoms with E-state index in [-0.39, 0.29) is 23.3 Å². The van der Waals surface area contributed by atoms with Crippen LogP contribution in [0.5, 0.6) is 5.75 Å². The molecular weight excluding hydrogens is 346 g/mol. The average Bonchev–Trinajstić information content (AvgIpc) is 2.60. The van der Waals surface area contributed by atoms with Gasteiger partial charge in [-0.15, -0.1) is 0 Å². The summed E-state index contributed by atoms with van der Waals surface area (Å²) in [6.07, 6.45) is 4.20. The molecule has 1 heterocycles. The fourth-order valence-electron chi connectivity index (χ4n) is 2.48. The summed E-state index contributed by atoms with van der Waals surface area (Å²) in [5.74, 6) is 4.48. The molecule has 0 radical (unpaired) electrons. The maximum Gasteiger partial charge on any atom is 0.258 e. The fourth-order valence-corrected chi connectivity index (χ4v) is 2.94. The first-order valence-electron chi connectivity index (χ1n) is 7.57. The molecule has 136 valence electrons. The Morgan fingerprint density at radius 3 is 2.52 bits per heavy atom. The van der Waals surface area contributed by atoms with Crippen molar-refractivity contribution in [3.05, 3.63) is 42.0 Å². The molecule has 1 aromatic rings. The Kier molecular flexibility index (Phi) is 5.93. The number of Topliss-reactive ketones (excluding diaryl/α,β-unsaturated/α-hetero) is 1.